The summed E-state index contributed by atoms with van der Waals surface area (Å²) < 4.78 is 0. The minimum atomic E-state index is -0.665. The highest BCUT2D eigenvalue weighted by Crippen LogP contribution is 2.15. The van der Waals surface area contributed by atoms with Crippen molar-refractivity contribution in [1.29, 1.82) is 0 Å². The lowest BCUT2D eigenvalue weighted by Crippen LogP contribution is -2.45. The minimum Gasteiger partial charge on any atom is -0.394 e. The van der Waals surface area contributed by atoms with E-state index < -0.39 is 12.1 Å². The second kappa shape index (κ2) is 52.4. The average Bonchev–Trinajstić information content (AvgIpc) is 3.28. The molecule has 0 heterocycles. The monoisotopic (exact) mass is 858 g/mol. The summed E-state index contributed by atoms with van der Waals surface area (Å²) in [4.78, 5) is 12.4. The summed E-state index contributed by atoms with van der Waals surface area (Å²) in [6.45, 7) is 4.23. The number of aliphatic hydroxyl groups excluding tert-OH is 2. The molecule has 4 nitrogen and oxygen atoms in total. The van der Waals surface area contributed by atoms with E-state index in [2.05, 4.69) is 129 Å². The number of hydrogen-bond donors (Lipinski definition) is 3. The van der Waals surface area contributed by atoms with Crippen molar-refractivity contribution in [2.45, 2.75) is 244 Å². The molecule has 2 atom stereocenters. The van der Waals surface area contributed by atoms with E-state index in [1.807, 2.05) is 0 Å². The fourth-order valence-corrected chi connectivity index (χ4v) is 7.35. The summed E-state index contributed by atoms with van der Waals surface area (Å²) in [7, 11) is 0. The molecule has 0 saturated heterocycles. The van der Waals surface area contributed by atoms with E-state index in [1.54, 1.807) is 0 Å². The van der Waals surface area contributed by atoms with Crippen LogP contribution in [0.3, 0.4) is 0 Å². The van der Waals surface area contributed by atoms with Gasteiger partial charge in [0.05, 0.1) is 18.8 Å². The van der Waals surface area contributed by atoms with Gasteiger partial charge in [0.1, 0.15) is 0 Å². The molecule has 3 N–H and O–H groups in total. The van der Waals surface area contributed by atoms with Crippen LogP contribution in [0.2, 0.25) is 0 Å². The van der Waals surface area contributed by atoms with E-state index in [0.717, 1.165) is 83.5 Å². The standard InChI is InChI=1S/C58H99NO3/c1-3-5-7-9-11-13-15-16-17-18-19-20-21-22-23-24-25-26-27-28-29-30-31-32-33-34-35-36-37-38-39-40-41-42-44-46-48-50-52-54-58(62)59-56(55-60)57(61)53-51-49-47-45-43-14-12-10-8-6-4-2/h5,7,11,13,16-17,19-20,22-23,25-26,28-29,31-32,34-35,56-57,60-61H,3-4,6,8-10,12,14-15,18,21,24,27,30,33,36-55H2,1-2H3,(H,59,62)/b7-5-,13-11-,17-16-,20-19-,23-22-,26-25-,29-28-,32-31-,35-34-. The number of aliphatic hydroxyl groups is 2. The number of nitrogens with one attached hydrogen (secondary N) is 1. The zero-order chi connectivity index (χ0) is 44.9. The third-order valence-corrected chi connectivity index (χ3v) is 11.3. The van der Waals surface area contributed by atoms with Crippen LogP contribution in [0.25, 0.3) is 0 Å². The fraction of sp³-hybridized carbons (Fsp3) is 0.672. The van der Waals surface area contributed by atoms with Crippen molar-refractivity contribution in [1.82, 2.24) is 5.32 Å². The molecule has 0 bridgehead atoms. The second-order valence-electron chi connectivity index (χ2n) is 17.2. The quantitative estimate of drug-likeness (QED) is 0.0422. The summed E-state index contributed by atoms with van der Waals surface area (Å²) in [5.41, 5.74) is 0. The van der Waals surface area contributed by atoms with Gasteiger partial charge in [0.25, 0.3) is 0 Å². The summed E-state index contributed by atoms with van der Waals surface area (Å²) in [5, 5.41) is 23.1. The molecule has 0 aliphatic carbocycles. The molecular formula is C58H99NO3. The minimum absolute atomic E-state index is 0.0401. The van der Waals surface area contributed by atoms with Gasteiger partial charge in [0.15, 0.2) is 0 Å². The van der Waals surface area contributed by atoms with Gasteiger partial charge in [-0.15, -0.1) is 0 Å². The van der Waals surface area contributed by atoms with Crippen LogP contribution < -0.4 is 5.32 Å². The first kappa shape index (κ1) is 59.0. The Bertz CT molecular complexity index is 1200. The van der Waals surface area contributed by atoms with Crippen LogP contribution in [0.15, 0.2) is 109 Å². The van der Waals surface area contributed by atoms with Crippen LogP contribution in [0.4, 0.5) is 0 Å². The van der Waals surface area contributed by atoms with Crippen molar-refractivity contribution in [2.75, 3.05) is 6.61 Å². The number of unbranched alkanes of at least 4 members (excludes halogenated alkanes) is 21. The first-order valence-electron chi connectivity index (χ1n) is 26.1. The molecule has 0 aliphatic heterocycles. The van der Waals surface area contributed by atoms with Crippen LogP contribution in [0, 0.1) is 0 Å². The van der Waals surface area contributed by atoms with Gasteiger partial charge in [-0.05, 0) is 83.5 Å². The fourth-order valence-electron chi connectivity index (χ4n) is 7.35. The van der Waals surface area contributed by atoms with Gasteiger partial charge >= 0.3 is 0 Å². The summed E-state index contributed by atoms with van der Waals surface area (Å²) in [6, 6.07) is -0.542. The summed E-state index contributed by atoms with van der Waals surface area (Å²) in [6.07, 6.45) is 79.1. The highest BCUT2D eigenvalue weighted by atomic mass is 16.3. The Morgan fingerprint density at radius 3 is 1.06 bits per heavy atom. The smallest absolute Gasteiger partial charge is 0.220 e. The molecule has 0 fully saturated rings. The van der Waals surface area contributed by atoms with Gasteiger partial charge < -0.3 is 15.5 Å². The predicted molar refractivity (Wildman–Crippen MR) is 276 cm³/mol. The molecule has 0 aromatic heterocycles. The van der Waals surface area contributed by atoms with Crippen molar-refractivity contribution >= 4 is 5.91 Å². The summed E-state index contributed by atoms with van der Waals surface area (Å²) in [5.74, 6) is -0.0401. The van der Waals surface area contributed by atoms with E-state index in [-0.39, 0.29) is 12.5 Å². The van der Waals surface area contributed by atoms with E-state index in [1.165, 1.54) is 122 Å². The molecular weight excluding hydrogens is 759 g/mol. The molecule has 0 saturated carbocycles. The maximum absolute atomic E-state index is 12.4. The molecule has 0 radical (unpaired) electrons. The number of carbonyl (C=O) groups is 1. The third-order valence-electron chi connectivity index (χ3n) is 11.3. The maximum atomic E-state index is 12.4. The van der Waals surface area contributed by atoms with Crippen LogP contribution in [-0.4, -0.2) is 34.9 Å². The van der Waals surface area contributed by atoms with Crippen molar-refractivity contribution in [3.8, 4) is 0 Å². The lowest BCUT2D eigenvalue weighted by atomic mass is 10.0. The Morgan fingerprint density at radius 2 is 0.710 bits per heavy atom. The number of rotatable bonds is 46. The van der Waals surface area contributed by atoms with E-state index in [0.29, 0.717) is 12.8 Å². The SMILES string of the molecule is CC/C=C\C/C=C\C/C=C\C/C=C\C/C=C\C/C=C\C/C=C\C/C=C\C/C=C\CCCCCCCCCCCCCC(=O)NC(CO)C(O)CCCCCCCCCCCCC. The Morgan fingerprint density at radius 1 is 0.403 bits per heavy atom. The first-order valence-corrected chi connectivity index (χ1v) is 26.1. The number of amides is 1. The van der Waals surface area contributed by atoms with Gasteiger partial charge in [-0.25, -0.2) is 0 Å². The van der Waals surface area contributed by atoms with Gasteiger partial charge in [0, 0.05) is 6.42 Å². The molecule has 62 heavy (non-hydrogen) atoms. The average molecular weight is 858 g/mol. The Balaban J connectivity index is 3.56. The van der Waals surface area contributed by atoms with Crippen molar-refractivity contribution in [3.63, 3.8) is 0 Å². The Hall–Kier alpha value is -2.95. The van der Waals surface area contributed by atoms with Crippen LogP contribution in [-0.2, 0) is 4.79 Å². The van der Waals surface area contributed by atoms with E-state index in [4.69, 9.17) is 0 Å². The molecule has 354 valence electrons. The molecule has 4 heteroatoms. The predicted octanol–water partition coefficient (Wildman–Crippen LogP) is 17.1. The van der Waals surface area contributed by atoms with Crippen molar-refractivity contribution in [2.24, 2.45) is 0 Å². The van der Waals surface area contributed by atoms with Crippen LogP contribution in [0.1, 0.15) is 232 Å². The highest BCUT2D eigenvalue weighted by molar-refractivity contribution is 5.76. The largest absolute Gasteiger partial charge is 0.394 e. The molecule has 0 rings (SSSR count). The third kappa shape index (κ3) is 48.1. The topological polar surface area (TPSA) is 69.6 Å². The lowest BCUT2D eigenvalue weighted by molar-refractivity contribution is -0.123. The Kier molecular flexibility index (Phi) is 49.9. The Labute approximate surface area is 385 Å². The van der Waals surface area contributed by atoms with Crippen LogP contribution >= 0.6 is 0 Å². The summed E-state index contributed by atoms with van der Waals surface area (Å²) >= 11 is 0. The number of hydrogen-bond acceptors (Lipinski definition) is 3. The van der Waals surface area contributed by atoms with Gasteiger partial charge in [0.2, 0.25) is 5.91 Å². The van der Waals surface area contributed by atoms with E-state index in [9.17, 15) is 15.0 Å². The highest BCUT2D eigenvalue weighted by Gasteiger charge is 2.20. The van der Waals surface area contributed by atoms with E-state index >= 15 is 0 Å². The zero-order valence-electron chi connectivity index (χ0n) is 40.6. The normalized spacial score (nSPS) is 13.8. The molecule has 1 amide bonds. The van der Waals surface area contributed by atoms with Crippen LogP contribution in [0.5, 0.6) is 0 Å². The van der Waals surface area contributed by atoms with Gasteiger partial charge in [-0.2, -0.15) is 0 Å². The molecule has 2 unspecified atom stereocenters. The first-order chi connectivity index (χ1) is 30.7. The maximum Gasteiger partial charge on any atom is 0.220 e. The van der Waals surface area contributed by atoms with Crippen molar-refractivity contribution in [3.05, 3.63) is 109 Å². The van der Waals surface area contributed by atoms with Crippen molar-refractivity contribution < 1.29 is 15.0 Å². The number of allylic oxidation sites excluding steroid dienone is 18. The van der Waals surface area contributed by atoms with Gasteiger partial charge in [-0.1, -0.05) is 252 Å². The molecule has 0 aliphatic rings. The molecule has 0 aromatic rings. The second-order valence-corrected chi connectivity index (χ2v) is 17.2. The van der Waals surface area contributed by atoms with Gasteiger partial charge in [-0.3, -0.25) is 4.79 Å². The molecule has 0 spiro atoms. The molecule has 0 aromatic carbocycles. The lowest BCUT2D eigenvalue weighted by Gasteiger charge is -2.22. The zero-order valence-corrected chi connectivity index (χ0v) is 40.6. The number of carbonyl (C=O) groups excluding carboxylic acids is 1.